The average Bonchev–Trinajstić information content (AvgIpc) is 3.35. The lowest BCUT2D eigenvalue weighted by molar-refractivity contribution is -0.191. The highest BCUT2D eigenvalue weighted by Crippen LogP contribution is 2.32. The average molecular weight is 454 g/mol. The van der Waals surface area contributed by atoms with Crippen LogP contribution in [0.1, 0.15) is 33.9 Å². The number of oxazole rings is 1. The largest absolute Gasteiger partial charge is 0.457 e. The summed E-state index contributed by atoms with van der Waals surface area (Å²) in [5.74, 6) is 2.13. The number of benzene rings is 2. The minimum atomic E-state index is -0.134. The Balaban J connectivity index is 0.000000868. The molecule has 0 amide bonds. The van der Waals surface area contributed by atoms with E-state index in [9.17, 15) is 4.79 Å². The number of aromatic nitrogens is 2. The van der Waals surface area contributed by atoms with Crippen molar-refractivity contribution in [1.82, 2.24) is 9.97 Å². The summed E-state index contributed by atoms with van der Waals surface area (Å²) in [6.07, 6.45) is 4.10. The zero-order valence-corrected chi connectivity index (χ0v) is 18.6. The smallest absolute Gasteiger partial charge is 0.373 e. The third-order valence-electron chi connectivity index (χ3n) is 5.61. The number of para-hydroxylation sites is 1. The molecule has 1 atom stereocenters. The molecule has 2 aromatic carbocycles. The number of hydrogen-bond acceptors (Lipinski definition) is 7. The van der Waals surface area contributed by atoms with Gasteiger partial charge in [0, 0.05) is 11.6 Å². The van der Waals surface area contributed by atoms with E-state index in [0.717, 1.165) is 30.0 Å². The van der Waals surface area contributed by atoms with Crippen molar-refractivity contribution in [2.75, 3.05) is 0 Å². The van der Waals surface area contributed by atoms with Crippen molar-refractivity contribution in [3.05, 3.63) is 95.6 Å². The Morgan fingerprint density at radius 2 is 1.79 bits per heavy atom. The van der Waals surface area contributed by atoms with E-state index in [1.807, 2.05) is 61.5 Å². The van der Waals surface area contributed by atoms with Crippen LogP contribution in [0.4, 0.5) is 0 Å². The molecule has 0 aliphatic heterocycles. The van der Waals surface area contributed by atoms with Crippen LogP contribution in [0.15, 0.2) is 77.3 Å². The zero-order valence-electron chi connectivity index (χ0n) is 18.6. The first kappa shape index (κ1) is 22.8. The van der Waals surface area contributed by atoms with Crippen molar-refractivity contribution in [2.45, 2.75) is 26.2 Å². The van der Waals surface area contributed by atoms with Crippen LogP contribution in [0.25, 0.3) is 11.5 Å². The third-order valence-corrected chi connectivity index (χ3v) is 5.61. The molecule has 34 heavy (non-hydrogen) atoms. The molecule has 5 rings (SSSR count). The maximum absolute atomic E-state index is 13.0. The number of carbonyl (C=O) groups is 1. The quantitative estimate of drug-likeness (QED) is 0.380. The summed E-state index contributed by atoms with van der Waals surface area (Å²) in [4.78, 5) is 38.0. The van der Waals surface area contributed by atoms with E-state index in [1.165, 1.54) is 11.1 Å². The molecule has 1 unspecified atom stereocenters. The van der Waals surface area contributed by atoms with Gasteiger partial charge in [0.15, 0.2) is 5.76 Å². The van der Waals surface area contributed by atoms with Crippen molar-refractivity contribution in [3.8, 4) is 23.0 Å². The number of pyridine rings is 1. The van der Waals surface area contributed by atoms with Gasteiger partial charge in [-0.05, 0) is 73.7 Å². The molecule has 7 heteroatoms. The molecule has 4 aromatic rings. The van der Waals surface area contributed by atoms with Crippen molar-refractivity contribution in [2.24, 2.45) is 5.92 Å². The van der Waals surface area contributed by atoms with Gasteiger partial charge in [-0.3, -0.25) is 4.79 Å². The Morgan fingerprint density at radius 3 is 2.56 bits per heavy atom. The van der Waals surface area contributed by atoms with Crippen molar-refractivity contribution in [3.63, 3.8) is 0 Å². The fourth-order valence-electron chi connectivity index (χ4n) is 4.00. The molecule has 170 valence electrons. The summed E-state index contributed by atoms with van der Waals surface area (Å²) in [7, 11) is 0. The van der Waals surface area contributed by atoms with Gasteiger partial charge in [-0.25, -0.2) is 9.97 Å². The second kappa shape index (κ2) is 10.5. The molecule has 0 saturated carbocycles. The standard InChI is InChI=1S/C26H22N2O3.CO2/c1-17-6-5-9-23(28-17)24-16-27-26(31-24)25(29)20-11-10-19-15-22(13-12-18(19)14-20)30-21-7-3-2-4-8-21;2-1-3/h2-9,12-13,15-16,20H,10-11,14H2,1H3;. The van der Waals surface area contributed by atoms with Gasteiger partial charge < -0.3 is 9.15 Å². The first-order valence-corrected chi connectivity index (χ1v) is 10.9. The van der Waals surface area contributed by atoms with Crippen LogP contribution >= 0.6 is 0 Å². The summed E-state index contributed by atoms with van der Waals surface area (Å²) in [6.45, 7) is 1.92. The van der Waals surface area contributed by atoms with E-state index in [0.29, 0.717) is 17.9 Å². The number of hydrogen-bond donors (Lipinski definition) is 0. The lowest BCUT2D eigenvalue weighted by Crippen LogP contribution is -2.23. The molecule has 0 N–H and O–H groups in total. The van der Waals surface area contributed by atoms with Crippen LogP contribution in [0, 0.1) is 12.8 Å². The van der Waals surface area contributed by atoms with Crippen molar-refractivity contribution >= 4 is 11.9 Å². The van der Waals surface area contributed by atoms with Crippen LogP contribution < -0.4 is 4.74 Å². The van der Waals surface area contributed by atoms with E-state index in [-0.39, 0.29) is 23.7 Å². The van der Waals surface area contributed by atoms with Gasteiger partial charge >= 0.3 is 6.15 Å². The van der Waals surface area contributed by atoms with Gasteiger partial charge in [0.1, 0.15) is 17.2 Å². The molecule has 0 radical (unpaired) electrons. The lowest BCUT2D eigenvalue weighted by Gasteiger charge is -2.23. The van der Waals surface area contributed by atoms with Gasteiger partial charge in [-0.2, -0.15) is 9.59 Å². The van der Waals surface area contributed by atoms with Gasteiger partial charge in [-0.15, -0.1) is 0 Å². The summed E-state index contributed by atoms with van der Waals surface area (Å²) in [5, 5.41) is 0. The molecule has 2 aromatic heterocycles. The van der Waals surface area contributed by atoms with E-state index in [2.05, 4.69) is 22.1 Å². The van der Waals surface area contributed by atoms with Crippen LogP contribution in [0.3, 0.4) is 0 Å². The molecule has 0 bridgehead atoms. The first-order chi connectivity index (χ1) is 16.6. The second-order valence-corrected chi connectivity index (χ2v) is 7.93. The minimum Gasteiger partial charge on any atom is -0.457 e. The van der Waals surface area contributed by atoms with Crippen LogP contribution in [-0.4, -0.2) is 21.9 Å². The number of fused-ring (bicyclic) bond motifs is 1. The van der Waals surface area contributed by atoms with Gasteiger partial charge in [0.2, 0.25) is 5.78 Å². The zero-order chi connectivity index (χ0) is 23.9. The highest BCUT2D eigenvalue weighted by Gasteiger charge is 2.29. The normalized spacial score (nSPS) is 14.2. The van der Waals surface area contributed by atoms with Crippen molar-refractivity contribution < 1.29 is 23.5 Å². The third kappa shape index (κ3) is 5.34. The van der Waals surface area contributed by atoms with Gasteiger partial charge in [0.25, 0.3) is 5.89 Å². The Labute approximate surface area is 196 Å². The highest BCUT2D eigenvalue weighted by molar-refractivity contribution is 5.94. The van der Waals surface area contributed by atoms with E-state index >= 15 is 0 Å². The monoisotopic (exact) mass is 454 g/mol. The highest BCUT2D eigenvalue weighted by atomic mass is 16.5. The second-order valence-electron chi connectivity index (χ2n) is 7.93. The number of aryl methyl sites for hydroxylation is 2. The number of rotatable bonds is 5. The molecule has 0 saturated heterocycles. The Morgan fingerprint density at radius 1 is 1.00 bits per heavy atom. The van der Waals surface area contributed by atoms with E-state index < -0.39 is 0 Å². The maximum Gasteiger partial charge on any atom is 0.373 e. The van der Waals surface area contributed by atoms with Gasteiger partial charge in [0.05, 0.1) is 6.20 Å². The van der Waals surface area contributed by atoms with E-state index in [1.54, 1.807) is 6.20 Å². The molecule has 1 aliphatic carbocycles. The lowest BCUT2D eigenvalue weighted by atomic mass is 9.81. The van der Waals surface area contributed by atoms with Crippen LogP contribution in [0.2, 0.25) is 0 Å². The Hall–Kier alpha value is -4.35. The predicted molar refractivity (Wildman–Crippen MR) is 122 cm³/mol. The summed E-state index contributed by atoms with van der Waals surface area (Å²) >= 11 is 0. The van der Waals surface area contributed by atoms with E-state index in [4.69, 9.17) is 18.7 Å². The molecule has 0 spiro atoms. The number of carbonyl (C=O) groups excluding carboxylic acids is 3. The molecular formula is C27H22N2O5. The summed E-state index contributed by atoms with van der Waals surface area (Å²) < 4.78 is 11.7. The first-order valence-electron chi connectivity index (χ1n) is 10.9. The Kier molecular flexibility index (Phi) is 7.06. The SMILES string of the molecule is Cc1cccc(-c2cnc(C(=O)C3CCc4cc(Oc5ccccc5)ccc4C3)o2)n1.O=C=O. The van der Waals surface area contributed by atoms with Gasteiger partial charge in [-0.1, -0.05) is 30.3 Å². The molecule has 7 nitrogen and oxygen atoms in total. The number of Topliss-reactive ketones (excluding diaryl/α,β-unsaturated/α-hetero) is 1. The number of ketones is 1. The van der Waals surface area contributed by atoms with Crippen LogP contribution in [-0.2, 0) is 22.4 Å². The minimum absolute atomic E-state index is 0.0471. The van der Waals surface area contributed by atoms with Crippen LogP contribution in [0.5, 0.6) is 11.5 Å². The maximum atomic E-state index is 13.0. The fourth-order valence-corrected chi connectivity index (χ4v) is 4.00. The molecular weight excluding hydrogens is 432 g/mol. The molecule has 1 aliphatic rings. The van der Waals surface area contributed by atoms with Crippen molar-refractivity contribution in [1.29, 1.82) is 0 Å². The summed E-state index contributed by atoms with van der Waals surface area (Å²) in [6, 6.07) is 21.5. The number of nitrogens with zero attached hydrogens (tertiary/aromatic N) is 2. The molecule has 0 fully saturated rings. The fraction of sp³-hybridized carbons (Fsp3) is 0.185. The predicted octanol–water partition coefficient (Wildman–Crippen LogP) is 5.24. The Bertz CT molecular complexity index is 1320. The summed E-state index contributed by atoms with van der Waals surface area (Å²) in [5.41, 5.74) is 3.99. The topological polar surface area (TPSA) is 99.4 Å². The molecule has 2 heterocycles. The number of ether oxygens (including phenoxy) is 1.